The third kappa shape index (κ3) is 8.68. The predicted molar refractivity (Wildman–Crippen MR) is 393 cm³/mol. The summed E-state index contributed by atoms with van der Waals surface area (Å²) in [4.78, 5) is 15.4. The molecule has 0 amide bonds. The average molecular weight is 1220 g/mol. The van der Waals surface area contributed by atoms with Gasteiger partial charge in [0.1, 0.15) is 28.8 Å². The molecule has 4 aliphatic rings. The smallest absolute Gasteiger partial charge is 0.256 e. The van der Waals surface area contributed by atoms with Crippen molar-refractivity contribution in [2.45, 2.75) is 0 Å². The lowest BCUT2D eigenvalue weighted by atomic mass is 9.30. The Morgan fingerprint density at radius 2 is 0.684 bits per heavy atom. The molecular weight excluding hydrogens is 1160 g/mol. The maximum atomic E-state index is 8.13. The molecular formula is C85H56B2N6O2. The third-order valence-electron chi connectivity index (χ3n) is 19.2. The van der Waals surface area contributed by atoms with E-state index in [0.29, 0.717) is 11.5 Å². The lowest BCUT2D eigenvalue weighted by Gasteiger charge is -2.43. The molecule has 0 bridgehead atoms. The van der Waals surface area contributed by atoms with Gasteiger partial charge in [-0.2, -0.15) is 0 Å². The highest BCUT2D eigenvalue weighted by Gasteiger charge is 2.49. The first-order valence-corrected chi connectivity index (χ1v) is 32.4. The Morgan fingerprint density at radius 1 is 0.305 bits per heavy atom. The van der Waals surface area contributed by atoms with Crippen LogP contribution in [0.15, 0.2) is 340 Å². The summed E-state index contributed by atoms with van der Waals surface area (Å²) in [7, 11) is 0. The molecule has 0 aliphatic carbocycles. The van der Waals surface area contributed by atoms with Crippen LogP contribution in [0.4, 0.5) is 68.2 Å². The maximum Gasteiger partial charge on any atom is 0.256 e. The fraction of sp³-hybridized carbons (Fsp3) is 0. The summed E-state index contributed by atoms with van der Waals surface area (Å²) < 4.78 is 18.5. The highest BCUT2D eigenvalue weighted by molar-refractivity contribution is 7.02. The minimum atomic E-state index is -0.311. The monoisotopic (exact) mass is 1210 g/mol. The third-order valence-corrected chi connectivity index (χ3v) is 19.2. The number of rotatable bonds is 11. The van der Waals surface area contributed by atoms with E-state index in [-0.39, 0.29) is 13.4 Å². The number of hydrogen-bond acceptors (Lipinski definition) is 7. The molecule has 19 rings (SSSR count). The molecule has 95 heavy (non-hydrogen) atoms. The molecule has 0 saturated heterocycles. The van der Waals surface area contributed by atoms with E-state index in [1.807, 2.05) is 0 Å². The largest absolute Gasteiger partial charge is 0.457 e. The van der Waals surface area contributed by atoms with Crippen LogP contribution < -0.4 is 61.9 Å². The summed E-state index contributed by atoms with van der Waals surface area (Å²) in [5, 5.41) is 0. The van der Waals surface area contributed by atoms with E-state index < -0.39 is 0 Å². The molecule has 14 aromatic carbocycles. The fourth-order valence-corrected chi connectivity index (χ4v) is 15.3. The second-order valence-electron chi connectivity index (χ2n) is 24.5. The minimum absolute atomic E-state index is 0.311. The second kappa shape index (κ2) is 22.1. The molecule has 15 aromatic rings. The summed E-state index contributed by atoms with van der Waals surface area (Å²) >= 11 is 0. The van der Waals surface area contributed by atoms with Gasteiger partial charge in [-0.1, -0.05) is 212 Å². The average Bonchev–Trinajstić information content (AvgIpc) is 0.877. The molecule has 0 radical (unpaired) electrons. The first-order chi connectivity index (χ1) is 47.2. The lowest BCUT2D eigenvalue weighted by molar-refractivity contribution is 0.469. The van der Waals surface area contributed by atoms with Crippen LogP contribution in [-0.2, 0) is 0 Å². The fourth-order valence-electron chi connectivity index (χ4n) is 15.3. The van der Waals surface area contributed by atoms with E-state index in [1.54, 1.807) is 0 Å². The highest BCUT2D eigenvalue weighted by Crippen LogP contribution is 2.53. The zero-order valence-electron chi connectivity index (χ0n) is 51.5. The Kier molecular flexibility index (Phi) is 12.6. The number of hydrogen-bond donors (Lipinski definition) is 0. The van der Waals surface area contributed by atoms with E-state index in [4.69, 9.17) is 14.5 Å². The van der Waals surface area contributed by atoms with Gasteiger partial charge in [0.25, 0.3) is 13.4 Å². The van der Waals surface area contributed by atoms with Crippen LogP contribution >= 0.6 is 0 Å². The van der Waals surface area contributed by atoms with E-state index in [1.165, 1.54) is 0 Å². The number of nitrogens with zero attached hydrogens (tertiary/aromatic N) is 6. The quantitative estimate of drug-likeness (QED) is 0.120. The van der Waals surface area contributed by atoms with Crippen molar-refractivity contribution in [2.75, 3.05) is 19.6 Å². The second-order valence-corrected chi connectivity index (χ2v) is 24.5. The molecule has 0 N–H and O–H groups in total. The zero-order chi connectivity index (χ0) is 62.5. The van der Waals surface area contributed by atoms with Crippen LogP contribution in [0, 0.1) is 0 Å². The van der Waals surface area contributed by atoms with Crippen LogP contribution in [-0.4, -0.2) is 23.0 Å². The number of imidazole rings is 1. The molecule has 0 saturated carbocycles. The van der Waals surface area contributed by atoms with Crippen LogP contribution in [0.2, 0.25) is 0 Å². The number of aromatic nitrogens is 2. The van der Waals surface area contributed by atoms with Crippen LogP contribution in [0.25, 0.3) is 39.2 Å². The molecule has 1 aromatic heterocycles. The van der Waals surface area contributed by atoms with Gasteiger partial charge in [-0.3, -0.25) is 4.57 Å². The van der Waals surface area contributed by atoms with Crippen LogP contribution in [0.1, 0.15) is 0 Å². The number of anilines is 12. The van der Waals surface area contributed by atoms with Crippen LogP contribution in [0.3, 0.4) is 0 Å². The Labute approximate surface area is 551 Å². The van der Waals surface area contributed by atoms with Gasteiger partial charge in [0.15, 0.2) is 0 Å². The van der Waals surface area contributed by atoms with Gasteiger partial charge in [0, 0.05) is 85.8 Å². The van der Waals surface area contributed by atoms with Gasteiger partial charge in [-0.05, 0) is 148 Å². The molecule has 0 fully saturated rings. The highest BCUT2D eigenvalue weighted by atomic mass is 16.5. The van der Waals surface area contributed by atoms with Crippen molar-refractivity contribution >= 4 is 125 Å². The Hall–Kier alpha value is -12.5. The van der Waals surface area contributed by atoms with Gasteiger partial charge < -0.3 is 29.1 Å². The van der Waals surface area contributed by atoms with E-state index in [2.05, 4.69) is 364 Å². The molecule has 10 heteroatoms. The van der Waals surface area contributed by atoms with Crippen molar-refractivity contribution < 1.29 is 9.47 Å². The molecule has 8 nitrogen and oxygen atoms in total. The number of para-hydroxylation sites is 10. The first-order valence-electron chi connectivity index (χ1n) is 32.4. The van der Waals surface area contributed by atoms with Crippen molar-refractivity contribution in [2.24, 2.45) is 0 Å². The van der Waals surface area contributed by atoms with Crippen molar-refractivity contribution in [3.8, 4) is 51.2 Å². The van der Waals surface area contributed by atoms with Crippen molar-refractivity contribution in [1.29, 1.82) is 0 Å². The number of ether oxygens (including phenoxy) is 2. The first kappa shape index (κ1) is 54.2. The van der Waals surface area contributed by atoms with Crippen LogP contribution in [0.5, 0.6) is 23.0 Å². The molecule has 5 heterocycles. The van der Waals surface area contributed by atoms with Gasteiger partial charge in [-0.25, -0.2) is 4.98 Å². The van der Waals surface area contributed by atoms with Crippen molar-refractivity contribution in [3.05, 3.63) is 340 Å². The summed E-state index contributed by atoms with van der Waals surface area (Å²) in [6, 6.07) is 122. The molecule has 4 aliphatic heterocycles. The topological polar surface area (TPSA) is 49.2 Å². The van der Waals surface area contributed by atoms with E-state index in [0.717, 1.165) is 152 Å². The Bertz CT molecular complexity index is 5120. The normalized spacial score (nSPS) is 12.7. The van der Waals surface area contributed by atoms with Crippen molar-refractivity contribution in [3.63, 3.8) is 0 Å². The lowest BCUT2D eigenvalue weighted by Crippen LogP contribution is -2.63. The summed E-state index contributed by atoms with van der Waals surface area (Å²) in [5.41, 5.74) is 24.4. The SMILES string of the molecule is c1ccc(-c2nc3c(-c4c5c(cc6c4Oc4cc(N(c7ccccc7)c7ccccc7)cc7c4B6c4ccccc4N7c4ccccc4)B4c6ccccc6N(c6ccccc6)c6cc(N(c7ccccc7)c7ccccc7)cc(c64)O5)cccc3n2-c2ccccc2)cc1. The zero-order valence-corrected chi connectivity index (χ0v) is 51.5. The molecule has 0 atom stereocenters. The Morgan fingerprint density at radius 3 is 1.12 bits per heavy atom. The standard InChI is InChI=1S/C85H56B2N6O2/c1-9-30-57(31-10-1)85-88-82-67(46-29-51-74(82)93(85)64-44-23-8-24-45-64)79-83-70(86-68-47-25-27-49-72(68)91(62-40-19-6-20-41-62)75-52-65(54-77(94-83)80(75)86)89(58-32-11-2-12-33-58)59-34-13-3-14-35-59)56-71-84(79)95-78-55-66(90(60-36-15-4-16-37-60)61-38-17-5-18-39-61)53-76-81(78)87(71)69-48-26-28-50-73(69)92(76)63-42-21-7-22-43-63/h1-56H. The summed E-state index contributed by atoms with van der Waals surface area (Å²) in [6.07, 6.45) is 0. The van der Waals surface area contributed by atoms with E-state index in [9.17, 15) is 0 Å². The summed E-state index contributed by atoms with van der Waals surface area (Å²) in [5.74, 6) is 3.75. The maximum absolute atomic E-state index is 8.13. The molecule has 0 unspecified atom stereocenters. The van der Waals surface area contributed by atoms with Gasteiger partial charge in [0.05, 0.1) is 28.0 Å². The van der Waals surface area contributed by atoms with Gasteiger partial charge >= 0.3 is 0 Å². The minimum Gasteiger partial charge on any atom is -0.457 e. The number of fused-ring (bicyclic) bond motifs is 9. The summed E-state index contributed by atoms with van der Waals surface area (Å²) in [6.45, 7) is -0.622. The molecule has 444 valence electrons. The molecule has 0 spiro atoms. The van der Waals surface area contributed by atoms with Gasteiger partial charge in [-0.15, -0.1) is 0 Å². The van der Waals surface area contributed by atoms with E-state index >= 15 is 0 Å². The number of benzene rings is 14. The van der Waals surface area contributed by atoms with Crippen molar-refractivity contribution in [1.82, 2.24) is 9.55 Å². The Balaban J connectivity index is 0.944. The predicted octanol–water partition coefficient (Wildman–Crippen LogP) is 18.1. The van der Waals surface area contributed by atoms with Gasteiger partial charge in [0.2, 0.25) is 0 Å².